The van der Waals surface area contributed by atoms with Crippen LogP contribution in [0, 0.1) is 0 Å². The van der Waals surface area contributed by atoms with Crippen LogP contribution in [0.15, 0.2) is 71.0 Å². The molecule has 2 aromatic carbocycles. The van der Waals surface area contributed by atoms with Crippen LogP contribution in [0.5, 0.6) is 5.75 Å². The molecule has 3 N–H and O–H groups in total. The molecule has 1 aliphatic rings. The summed E-state index contributed by atoms with van der Waals surface area (Å²) in [6.45, 7) is 4.59. The average molecular weight is 464 g/mol. The van der Waals surface area contributed by atoms with E-state index in [4.69, 9.17) is 10.5 Å². The van der Waals surface area contributed by atoms with Gasteiger partial charge in [-0.2, -0.15) is 4.98 Å². The number of allylic oxidation sites excluding steroid dienone is 1. The molecule has 8 heteroatoms. The minimum atomic E-state index is -0.477. The molecule has 2 heterocycles. The normalized spacial score (nSPS) is 15.2. The molecule has 1 amide bonds. The number of hydrogen-bond acceptors (Lipinski definition) is 6. The number of carbonyl (C=O) groups is 1. The summed E-state index contributed by atoms with van der Waals surface area (Å²) >= 11 is 1.62. The number of ether oxygens (including phenoxy) is 1. The van der Waals surface area contributed by atoms with Gasteiger partial charge in [-0.25, -0.2) is 4.68 Å². The van der Waals surface area contributed by atoms with Crippen molar-refractivity contribution in [3.8, 4) is 5.75 Å². The highest BCUT2D eigenvalue weighted by Gasteiger charge is 2.33. The van der Waals surface area contributed by atoms with Crippen molar-refractivity contribution in [2.45, 2.75) is 44.3 Å². The number of anilines is 1. The number of thioether (sulfide) groups is 1. The quantitative estimate of drug-likeness (QED) is 0.338. The first kappa shape index (κ1) is 22.9. The number of amides is 1. The summed E-state index contributed by atoms with van der Waals surface area (Å²) in [5.41, 5.74) is 9.08. The van der Waals surface area contributed by atoms with Gasteiger partial charge in [0.15, 0.2) is 0 Å². The number of fused-ring (bicyclic) bond motifs is 1. The Bertz CT molecular complexity index is 1130. The van der Waals surface area contributed by atoms with Gasteiger partial charge >= 0.3 is 0 Å². The topological polar surface area (TPSA) is 95.1 Å². The Kier molecular flexibility index (Phi) is 7.34. The predicted molar refractivity (Wildman–Crippen MR) is 131 cm³/mol. The third-order valence-electron chi connectivity index (χ3n) is 5.53. The number of hydrogen-bond donors (Lipinski definition) is 2. The molecular weight excluding hydrogens is 434 g/mol. The van der Waals surface area contributed by atoms with Crippen LogP contribution < -0.4 is 15.8 Å². The summed E-state index contributed by atoms with van der Waals surface area (Å²) in [6, 6.07) is 17.6. The summed E-state index contributed by atoms with van der Waals surface area (Å²) in [6.07, 6.45) is 3.06. The van der Waals surface area contributed by atoms with E-state index >= 15 is 0 Å². The number of nitrogens with two attached hydrogens (primary N) is 1. The molecule has 0 saturated heterocycles. The first-order valence-corrected chi connectivity index (χ1v) is 12.2. The maximum atomic E-state index is 12.4. The smallest absolute Gasteiger partial charge is 0.248 e. The van der Waals surface area contributed by atoms with Gasteiger partial charge in [-0.15, -0.1) is 5.10 Å². The van der Waals surface area contributed by atoms with Gasteiger partial charge in [0.25, 0.3) is 0 Å². The van der Waals surface area contributed by atoms with Gasteiger partial charge in [0.2, 0.25) is 17.0 Å². The molecule has 172 valence electrons. The molecule has 33 heavy (non-hydrogen) atoms. The maximum Gasteiger partial charge on any atom is 0.248 e. The van der Waals surface area contributed by atoms with Gasteiger partial charge in [0, 0.05) is 17.9 Å². The van der Waals surface area contributed by atoms with Gasteiger partial charge in [0.1, 0.15) is 11.8 Å². The van der Waals surface area contributed by atoms with Gasteiger partial charge in [0.05, 0.1) is 12.2 Å². The standard InChI is InChI=1S/C25H29N5O2S/c1-3-4-16-33-25-28-24-27-17(2)21(23(26)31)22(30(24)29-25)19-10-12-20(13-11-19)32-15-14-18-8-6-5-7-9-18/h5-13,22H,3-4,14-16H2,1-2H3,(H2,26,31)(H,27,28,29). The lowest BCUT2D eigenvalue weighted by molar-refractivity contribution is -0.115. The van der Waals surface area contributed by atoms with Crippen molar-refractivity contribution in [2.24, 2.45) is 5.73 Å². The largest absolute Gasteiger partial charge is 0.493 e. The molecule has 1 unspecified atom stereocenters. The van der Waals surface area contributed by atoms with Crippen molar-refractivity contribution in [1.82, 2.24) is 14.8 Å². The van der Waals surface area contributed by atoms with E-state index < -0.39 is 11.9 Å². The molecule has 0 fully saturated rings. The van der Waals surface area contributed by atoms with Gasteiger partial charge < -0.3 is 15.8 Å². The van der Waals surface area contributed by atoms with E-state index in [0.29, 0.717) is 29.0 Å². The molecule has 3 aromatic rings. The molecule has 7 nitrogen and oxygen atoms in total. The van der Waals surface area contributed by atoms with Crippen LogP contribution in [-0.4, -0.2) is 33.0 Å². The first-order chi connectivity index (χ1) is 16.1. The number of carbonyl (C=O) groups excluding carboxylic acids is 1. The molecule has 0 bridgehead atoms. The lowest BCUT2D eigenvalue weighted by atomic mass is 9.95. The van der Waals surface area contributed by atoms with Crippen LogP contribution in [0.3, 0.4) is 0 Å². The molecular formula is C25H29N5O2S. The van der Waals surface area contributed by atoms with E-state index in [1.54, 1.807) is 16.4 Å². The van der Waals surface area contributed by atoms with Crippen molar-refractivity contribution >= 4 is 23.6 Å². The van der Waals surface area contributed by atoms with E-state index in [1.807, 2.05) is 49.4 Å². The average Bonchev–Trinajstić information content (AvgIpc) is 3.21. The van der Waals surface area contributed by atoms with E-state index in [2.05, 4.69) is 34.5 Å². The van der Waals surface area contributed by atoms with Crippen molar-refractivity contribution in [3.05, 3.63) is 77.0 Å². The highest BCUT2D eigenvalue weighted by atomic mass is 32.2. The van der Waals surface area contributed by atoms with Crippen LogP contribution in [0.1, 0.15) is 43.9 Å². The lowest BCUT2D eigenvalue weighted by Gasteiger charge is -2.27. The summed E-state index contributed by atoms with van der Waals surface area (Å²) in [5.74, 6) is 1.87. The Morgan fingerprint density at radius 1 is 1.18 bits per heavy atom. The third kappa shape index (κ3) is 5.39. The second-order valence-corrected chi connectivity index (χ2v) is 9.01. The van der Waals surface area contributed by atoms with Crippen LogP contribution in [0.2, 0.25) is 0 Å². The summed E-state index contributed by atoms with van der Waals surface area (Å²) in [7, 11) is 0. The Labute approximate surface area is 198 Å². The lowest BCUT2D eigenvalue weighted by Crippen LogP contribution is -2.31. The summed E-state index contributed by atoms with van der Waals surface area (Å²) in [4.78, 5) is 17.0. The van der Waals surface area contributed by atoms with Gasteiger partial charge in [-0.1, -0.05) is 67.6 Å². The zero-order valence-corrected chi connectivity index (χ0v) is 19.8. The highest BCUT2D eigenvalue weighted by Crippen LogP contribution is 2.36. The Morgan fingerprint density at radius 2 is 1.94 bits per heavy atom. The van der Waals surface area contributed by atoms with Crippen molar-refractivity contribution < 1.29 is 9.53 Å². The van der Waals surface area contributed by atoms with Crippen LogP contribution in [0.25, 0.3) is 0 Å². The zero-order valence-electron chi connectivity index (χ0n) is 19.0. The van der Waals surface area contributed by atoms with E-state index in [1.165, 1.54) is 5.56 Å². The van der Waals surface area contributed by atoms with Crippen molar-refractivity contribution in [3.63, 3.8) is 0 Å². The number of aromatic nitrogens is 3. The van der Waals surface area contributed by atoms with Crippen LogP contribution in [-0.2, 0) is 11.2 Å². The van der Waals surface area contributed by atoms with Crippen molar-refractivity contribution in [1.29, 1.82) is 0 Å². The minimum Gasteiger partial charge on any atom is -0.493 e. The Hall–Kier alpha value is -3.26. The van der Waals surface area contributed by atoms with Gasteiger partial charge in [-0.3, -0.25) is 4.79 Å². The molecule has 0 saturated carbocycles. The van der Waals surface area contributed by atoms with E-state index in [9.17, 15) is 4.79 Å². The molecule has 1 aliphatic heterocycles. The molecule has 1 atom stereocenters. The minimum absolute atomic E-state index is 0.440. The number of primary amides is 1. The van der Waals surface area contributed by atoms with Crippen LogP contribution >= 0.6 is 11.8 Å². The number of rotatable bonds is 10. The molecule has 0 spiro atoms. The van der Waals surface area contributed by atoms with E-state index in [0.717, 1.165) is 36.3 Å². The first-order valence-electron chi connectivity index (χ1n) is 11.2. The molecule has 0 aliphatic carbocycles. The number of benzene rings is 2. The van der Waals surface area contributed by atoms with Crippen molar-refractivity contribution in [2.75, 3.05) is 17.7 Å². The number of unbranched alkanes of at least 4 members (excludes halogenated alkanes) is 1. The maximum absolute atomic E-state index is 12.4. The second kappa shape index (κ2) is 10.6. The molecule has 0 radical (unpaired) electrons. The monoisotopic (exact) mass is 463 g/mol. The van der Waals surface area contributed by atoms with E-state index in [-0.39, 0.29) is 0 Å². The van der Waals surface area contributed by atoms with Crippen LogP contribution in [0.4, 0.5) is 5.95 Å². The van der Waals surface area contributed by atoms with Gasteiger partial charge in [-0.05, 0) is 36.6 Å². The molecule has 1 aromatic heterocycles. The summed E-state index contributed by atoms with van der Waals surface area (Å²) in [5, 5.41) is 8.56. The Morgan fingerprint density at radius 3 is 2.64 bits per heavy atom. The molecule has 4 rings (SSSR count). The number of nitrogens with zero attached hydrogens (tertiary/aromatic N) is 3. The highest BCUT2D eigenvalue weighted by molar-refractivity contribution is 7.99. The third-order valence-corrected chi connectivity index (χ3v) is 6.45. The Balaban J connectivity index is 1.53. The zero-order chi connectivity index (χ0) is 23.2. The fraction of sp³-hybridized carbons (Fsp3) is 0.320. The SMILES string of the molecule is CCCCSc1nc2n(n1)C(c1ccc(OCCc3ccccc3)cc1)C(C(N)=O)=C(C)N2. The fourth-order valence-electron chi connectivity index (χ4n) is 3.81. The fourth-order valence-corrected chi connectivity index (χ4v) is 4.72. The second-order valence-electron chi connectivity index (χ2n) is 7.95. The summed E-state index contributed by atoms with van der Waals surface area (Å²) < 4.78 is 7.68. The predicted octanol–water partition coefficient (Wildman–Crippen LogP) is 4.57. The number of nitrogens with one attached hydrogen (secondary N) is 1.